The van der Waals surface area contributed by atoms with E-state index in [9.17, 15) is 41.3 Å². The van der Waals surface area contributed by atoms with Gasteiger partial charge in [0.05, 0.1) is 22.4 Å². The molecule has 1 saturated heterocycles. The summed E-state index contributed by atoms with van der Waals surface area (Å²) in [6, 6.07) is 0.864. The Morgan fingerprint density at radius 3 is 2.24 bits per heavy atom. The number of nitrogens with zero attached hydrogens (tertiary/aromatic N) is 4. The van der Waals surface area contributed by atoms with E-state index in [1.807, 2.05) is 0 Å². The summed E-state index contributed by atoms with van der Waals surface area (Å²) >= 11 is 0.661. The minimum Gasteiger partial charge on any atom is -0.345 e. The van der Waals surface area contributed by atoms with E-state index in [4.69, 9.17) is 0 Å². The average molecular weight is 442 g/mol. The maximum atomic E-state index is 13.0. The van der Waals surface area contributed by atoms with Crippen LogP contribution in [-0.4, -0.2) is 53.7 Å². The summed E-state index contributed by atoms with van der Waals surface area (Å²) in [6.45, 7) is -0.879. The number of hydrogen-bond donors (Lipinski definition) is 0. The zero-order valence-corrected chi connectivity index (χ0v) is 15.2. The Balaban J connectivity index is 1.97. The second-order valence-electron chi connectivity index (χ2n) is 6.31. The van der Waals surface area contributed by atoms with E-state index in [2.05, 4.69) is 4.98 Å². The van der Waals surface area contributed by atoms with Gasteiger partial charge < -0.3 is 4.90 Å². The van der Waals surface area contributed by atoms with Crippen molar-refractivity contribution < 1.29 is 31.3 Å². The van der Waals surface area contributed by atoms with Crippen LogP contribution < -0.4 is 10.5 Å². The molecule has 0 bridgehead atoms. The smallest absolute Gasteiger partial charge is 0.345 e. The maximum Gasteiger partial charge on any atom is 0.416 e. The number of halogens is 6. The maximum absolute atomic E-state index is 13.0. The number of hydrogen-bond acceptors (Lipinski definition) is 7. The average Bonchev–Trinajstić information content (AvgIpc) is 2.59. The first-order valence-corrected chi connectivity index (χ1v) is 8.91. The molecule has 2 aromatic rings. The number of nitro benzene ring substituents is 1. The molecule has 1 aliphatic rings. The molecule has 14 heteroatoms. The van der Waals surface area contributed by atoms with Gasteiger partial charge in [0.15, 0.2) is 5.13 Å². The van der Waals surface area contributed by atoms with E-state index in [1.165, 1.54) is 9.80 Å². The highest BCUT2D eigenvalue weighted by Crippen LogP contribution is 2.38. The first-order chi connectivity index (χ1) is 13.3. The topological polar surface area (TPSA) is 79.6 Å². The second-order valence-corrected chi connectivity index (χ2v) is 7.28. The van der Waals surface area contributed by atoms with Gasteiger partial charge in [0, 0.05) is 32.2 Å². The van der Waals surface area contributed by atoms with Gasteiger partial charge in [0.25, 0.3) is 11.2 Å². The lowest BCUT2D eigenvalue weighted by molar-refractivity contribution is -0.383. The molecule has 29 heavy (non-hydrogen) atoms. The van der Waals surface area contributed by atoms with Gasteiger partial charge in [-0.2, -0.15) is 31.3 Å². The van der Waals surface area contributed by atoms with Crippen LogP contribution in [0.15, 0.2) is 16.9 Å². The molecule has 3 rings (SSSR count). The lowest BCUT2D eigenvalue weighted by Gasteiger charge is -2.35. The zero-order chi connectivity index (χ0) is 21.6. The van der Waals surface area contributed by atoms with Gasteiger partial charge in [0.2, 0.25) is 0 Å². The third-order valence-corrected chi connectivity index (χ3v) is 5.43. The van der Waals surface area contributed by atoms with Crippen LogP contribution in [-0.2, 0) is 6.18 Å². The second kappa shape index (κ2) is 7.40. The van der Waals surface area contributed by atoms with Crippen LogP contribution >= 0.6 is 11.3 Å². The number of piperazine rings is 1. The molecule has 1 aliphatic heterocycles. The van der Waals surface area contributed by atoms with Gasteiger partial charge in [-0.15, -0.1) is 0 Å². The summed E-state index contributed by atoms with van der Waals surface area (Å²) in [5.74, 6) is 0. The highest BCUT2D eigenvalue weighted by atomic mass is 32.1. The molecule has 0 amide bonds. The SMILES string of the molecule is O=c1nc(N2CCN(CC(F)(F)F)CC2)sc2c([N+](=O)[O-])cc(C(F)(F)F)cc12. The predicted octanol–water partition coefficient (Wildman–Crippen LogP) is 3.27. The minimum atomic E-state index is -4.89. The fraction of sp³-hybridized carbons (Fsp3) is 0.467. The zero-order valence-electron chi connectivity index (χ0n) is 14.4. The first kappa shape index (κ1) is 21.2. The van der Waals surface area contributed by atoms with Crippen molar-refractivity contribution in [2.75, 3.05) is 37.6 Å². The van der Waals surface area contributed by atoms with Gasteiger partial charge in [-0.05, 0) is 6.07 Å². The van der Waals surface area contributed by atoms with Gasteiger partial charge >= 0.3 is 12.4 Å². The van der Waals surface area contributed by atoms with Crippen LogP contribution in [0.4, 0.5) is 37.2 Å². The summed E-state index contributed by atoms with van der Waals surface area (Å²) in [5.41, 5.74) is -3.28. The normalized spacial score (nSPS) is 16.4. The fourth-order valence-electron chi connectivity index (χ4n) is 2.93. The first-order valence-electron chi connectivity index (χ1n) is 8.10. The molecule has 1 aromatic heterocycles. The number of anilines is 1. The molecule has 0 aliphatic carbocycles. The summed E-state index contributed by atoms with van der Waals surface area (Å²) in [4.78, 5) is 28.9. The predicted molar refractivity (Wildman–Crippen MR) is 92.3 cm³/mol. The quantitative estimate of drug-likeness (QED) is 0.413. The van der Waals surface area contributed by atoms with Crippen molar-refractivity contribution in [2.24, 2.45) is 0 Å². The van der Waals surface area contributed by atoms with E-state index in [0.717, 1.165) is 0 Å². The van der Waals surface area contributed by atoms with E-state index >= 15 is 0 Å². The molecule has 0 saturated carbocycles. The standard InChI is InChI=1S/C15H12F6N4O3S/c16-14(17,18)7-23-1-3-24(4-2-23)13-22-12(26)9-5-8(15(19,20)21)6-10(25(27)28)11(9)29-13/h5-6H,1-4,7H2. The van der Waals surface area contributed by atoms with Crippen LogP contribution in [0, 0.1) is 10.1 Å². The highest BCUT2D eigenvalue weighted by Gasteiger charge is 2.35. The van der Waals surface area contributed by atoms with Crippen molar-refractivity contribution in [2.45, 2.75) is 12.4 Å². The van der Waals surface area contributed by atoms with Crippen LogP contribution in [0.3, 0.4) is 0 Å². The van der Waals surface area contributed by atoms with Crippen LogP contribution in [0.2, 0.25) is 0 Å². The van der Waals surface area contributed by atoms with Crippen molar-refractivity contribution in [3.8, 4) is 0 Å². The molecule has 0 atom stereocenters. The Morgan fingerprint density at radius 1 is 1.10 bits per heavy atom. The summed E-state index contributed by atoms with van der Waals surface area (Å²) in [7, 11) is 0. The van der Waals surface area contributed by atoms with Gasteiger partial charge in [0.1, 0.15) is 4.70 Å². The number of rotatable bonds is 3. The number of alkyl halides is 6. The summed E-state index contributed by atoms with van der Waals surface area (Å²) in [6.07, 6.45) is -9.24. The third-order valence-electron chi connectivity index (χ3n) is 4.26. The Hall–Kier alpha value is -2.48. The minimum absolute atomic E-state index is 0.0111. The van der Waals surface area contributed by atoms with E-state index < -0.39 is 46.0 Å². The Bertz CT molecular complexity index is 998. The van der Waals surface area contributed by atoms with Gasteiger partial charge in [-0.1, -0.05) is 11.3 Å². The van der Waals surface area contributed by atoms with Crippen molar-refractivity contribution in [3.63, 3.8) is 0 Å². The number of fused-ring (bicyclic) bond motifs is 1. The molecule has 158 valence electrons. The van der Waals surface area contributed by atoms with Crippen LogP contribution in [0.25, 0.3) is 10.1 Å². The van der Waals surface area contributed by atoms with Gasteiger partial charge in [-0.3, -0.25) is 19.8 Å². The van der Waals surface area contributed by atoms with Crippen molar-refractivity contribution >= 4 is 32.2 Å². The van der Waals surface area contributed by atoms with Crippen molar-refractivity contribution in [3.05, 3.63) is 38.2 Å². The van der Waals surface area contributed by atoms with E-state index in [1.54, 1.807) is 0 Å². The summed E-state index contributed by atoms with van der Waals surface area (Å²) in [5, 5.41) is 10.7. The monoisotopic (exact) mass is 442 g/mol. The summed E-state index contributed by atoms with van der Waals surface area (Å²) < 4.78 is 76.1. The number of non-ortho nitro benzene ring substituents is 1. The molecule has 1 fully saturated rings. The van der Waals surface area contributed by atoms with Crippen molar-refractivity contribution in [1.82, 2.24) is 9.88 Å². The molecule has 0 unspecified atom stereocenters. The van der Waals surface area contributed by atoms with Crippen LogP contribution in [0.5, 0.6) is 0 Å². The molecule has 0 spiro atoms. The lowest BCUT2D eigenvalue weighted by atomic mass is 10.1. The third kappa shape index (κ3) is 4.75. The van der Waals surface area contributed by atoms with E-state index in [0.29, 0.717) is 23.5 Å². The van der Waals surface area contributed by atoms with Crippen molar-refractivity contribution in [1.29, 1.82) is 0 Å². The molecular weight excluding hydrogens is 430 g/mol. The number of aromatic nitrogens is 1. The van der Waals surface area contributed by atoms with E-state index in [-0.39, 0.29) is 36.0 Å². The molecule has 2 heterocycles. The number of benzene rings is 1. The molecular formula is C15H12F6N4O3S. The molecule has 7 nitrogen and oxygen atoms in total. The Labute approximate surface area is 162 Å². The molecule has 0 radical (unpaired) electrons. The molecule has 1 aromatic carbocycles. The Kier molecular flexibility index (Phi) is 5.42. The molecule has 0 N–H and O–H groups in total. The lowest BCUT2D eigenvalue weighted by Crippen LogP contribution is -2.49. The number of nitro groups is 1. The fourth-order valence-corrected chi connectivity index (χ4v) is 4.04. The largest absolute Gasteiger partial charge is 0.416 e. The Morgan fingerprint density at radius 2 is 1.72 bits per heavy atom. The highest BCUT2D eigenvalue weighted by molar-refractivity contribution is 7.22. The van der Waals surface area contributed by atoms with Crippen LogP contribution in [0.1, 0.15) is 5.56 Å². The van der Waals surface area contributed by atoms with Gasteiger partial charge in [-0.25, -0.2) is 0 Å².